The maximum absolute atomic E-state index is 13.4. The van der Waals surface area contributed by atoms with Crippen molar-refractivity contribution in [3.8, 4) is 5.75 Å². The molecular formula is C22H21ClN2O7S2. The van der Waals surface area contributed by atoms with Crippen LogP contribution in [0.25, 0.3) is 0 Å². The van der Waals surface area contributed by atoms with Crippen molar-refractivity contribution in [2.24, 2.45) is 5.14 Å². The minimum atomic E-state index is -3.99. The number of benzene rings is 3. The molecule has 3 aromatic carbocycles. The van der Waals surface area contributed by atoms with Crippen LogP contribution in [0.4, 0.5) is 0 Å². The molecule has 0 fully saturated rings. The third kappa shape index (κ3) is 6.78. The molecule has 180 valence electrons. The highest BCUT2D eigenvalue weighted by Crippen LogP contribution is 2.24. The molecule has 0 saturated heterocycles. The molecular weight excluding hydrogens is 504 g/mol. The average molecular weight is 525 g/mol. The lowest BCUT2D eigenvalue weighted by Gasteiger charge is -2.23. The van der Waals surface area contributed by atoms with Gasteiger partial charge in [-0.2, -0.15) is 4.31 Å². The molecule has 0 heterocycles. The molecule has 0 aliphatic carbocycles. The van der Waals surface area contributed by atoms with Gasteiger partial charge in [0.2, 0.25) is 20.0 Å². The number of carboxylic acids is 1. The topological polar surface area (TPSA) is 144 Å². The Hall–Kier alpha value is -2.96. The summed E-state index contributed by atoms with van der Waals surface area (Å²) in [6, 6.07) is 17.7. The number of primary sulfonamides is 1. The number of halogens is 1. The second-order valence-electron chi connectivity index (χ2n) is 7.25. The van der Waals surface area contributed by atoms with Gasteiger partial charge in [0.15, 0.2) is 6.61 Å². The van der Waals surface area contributed by atoms with E-state index in [0.717, 1.165) is 0 Å². The van der Waals surface area contributed by atoms with Gasteiger partial charge in [0.1, 0.15) is 5.75 Å². The number of nitrogens with two attached hydrogens (primary N) is 1. The average Bonchev–Trinajstić information content (AvgIpc) is 2.77. The first-order valence-corrected chi connectivity index (χ1v) is 13.1. The summed E-state index contributed by atoms with van der Waals surface area (Å²) in [6.07, 6.45) is 0. The molecule has 0 aliphatic rings. The normalized spacial score (nSPS) is 12.0. The summed E-state index contributed by atoms with van der Waals surface area (Å²) in [5.74, 6) is -0.860. The molecule has 34 heavy (non-hydrogen) atoms. The van der Waals surface area contributed by atoms with Crippen LogP contribution in [0.1, 0.15) is 11.1 Å². The second-order valence-corrected chi connectivity index (χ2v) is 11.2. The Morgan fingerprint density at radius 1 is 0.882 bits per heavy atom. The number of ether oxygens (including phenoxy) is 1. The fraction of sp³-hybridized carbons (Fsp3) is 0.136. The summed E-state index contributed by atoms with van der Waals surface area (Å²) < 4.78 is 56.3. The summed E-state index contributed by atoms with van der Waals surface area (Å²) in [5.41, 5.74) is 1.09. The molecule has 3 rings (SSSR count). The molecule has 0 radical (unpaired) electrons. The predicted octanol–water partition coefficient (Wildman–Crippen LogP) is 2.84. The zero-order valence-electron chi connectivity index (χ0n) is 17.7. The third-order valence-corrected chi connectivity index (χ3v) is 7.67. The Balaban J connectivity index is 1.94. The number of aliphatic carboxylic acids is 1. The minimum absolute atomic E-state index is 0.0244. The van der Waals surface area contributed by atoms with Gasteiger partial charge >= 0.3 is 5.97 Å². The van der Waals surface area contributed by atoms with Crippen LogP contribution in [-0.2, 0) is 37.9 Å². The standard InChI is InChI=1S/C22H21ClN2O7S2/c23-18-6-10-21(11-7-18)34(30,31)25(13-16-4-8-20(9-5-16)33(24,28)29)14-17-2-1-3-19(12-17)32-15-22(26)27/h1-12H,13-15H2,(H,26,27)(H2,24,28,29). The van der Waals surface area contributed by atoms with E-state index in [1.807, 2.05) is 0 Å². The molecule has 12 heteroatoms. The number of rotatable bonds is 10. The molecule has 0 amide bonds. The largest absolute Gasteiger partial charge is 0.482 e. The molecule has 3 aromatic rings. The monoisotopic (exact) mass is 524 g/mol. The van der Waals surface area contributed by atoms with E-state index in [2.05, 4.69) is 0 Å². The highest BCUT2D eigenvalue weighted by Gasteiger charge is 2.25. The van der Waals surface area contributed by atoms with Crippen LogP contribution < -0.4 is 9.88 Å². The van der Waals surface area contributed by atoms with Gasteiger partial charge in [0.25, 0.3) is 0 Å². The van der Waals surface area contributed by atoms with Crippen molar-refractivity contribution < 1.29 is 31.5 Å². The summed E-state index contributed by atoms with van der Waals surface area (Å²) in [7, 11) is -7.88. The first-order valence-electron chi connectivity index (χ1n) is 9.76. The molecule has 0 bridgehead atoms. The highest BCUT2D eigenvalue weighted by atomic mass is 35.5. The number of nitrogens with zero attached hydrogens (tertiary/aromatic N) is 1. The van der Waals surface area contributed by atoms with Crippen LogP contribution >= 0.6 is 11.6 Å². The van der Waals surface area contributed by atoms with Crippen molar-refractivity contribution in [3.63, 3.8) is 0 Å². The Bertz CT molecular complexity index is 1380. The second kappa shape index (κ2) is 10.5. The lowest BCUT2D eigenvalue weighted by Crippen LogP contribution is -2.30. The van der Waals surface area contributed by atoms with E-state index in [1.54, 1.807) is 24.3 Å². The molecule has 3 N–H and O–H groups in total. The van der Waals surface area contributed by atoms with Gasteiger partial charge in [0, 0.05) is 18.1 Å². The van der Waals surface area contributed by atoms with Crippen molar-refractivity contribution in [1.82, 2.24) is 4.31 Å². The number of sulfonamides is 2. The zero-order valence-corrected chi connectivity index (χ0v) is 20.1. The fourth-order valence-electron chi connectivity index (χ4n) is 3.05. The van der Waals surface area contributed by atoms with E-state index in [9.17, 15) is 21.6 Å². The van der Waals surface area contributed by atoms with Gasteiger partial charge in [0.05, 0.1) is 9.79 Å². The Labute approximate surface area is 202 Å². The van der Waals surface area contributed by atoms with Gasteiger partial charge in [-0.05, 0) is 59.7 Å². The van der Waals surface area contributed by atoms with E-state index < -0.39 is 32.6 Å². The summed E-state index contributed by atoms with van der Waals surface area (Å²) in [6.45, 7) is -0.672. The number of carboxylic acid groups (broad SMARTS) is 1. The SMILES string of the molecule is NS(=O)(=O)c1ccc(CN(Cc2cccc(OCC(=O)O)c2)S(=O)(=O)c2ccc(Cl)cc2)cc1. The predicted molar refractivity (Wildman–Crippen MR) is 125 cm³/mol. The van der Waals surface area contributed by atoms with Crippen molar-refractivity contribution in [2.45, 2.75) is 22.9 Å². The van der Waals surface area contributed by atoms with Gasteiger partial charge in [-0.25, -0.2) is 26.8 Å². The van der Waals surface area contributed by atoms with Crippen molar-refractivity contribution in [2.75, 3.05) is 6.61 Å². The van der Waals surface area contributed by atoms with E-state index in [4.69, 9.17) is 26.6 Å². The molecule has 0 aliphatic heterocycles. The molecule has 0 aromatic heterocycles. The maximum atomic E-state index is 13.4. The lowest BCUT2D eigenvalue weighted by atomic mass is 10.2. The first-order chi connectivity index (χ1) is 15.9. The summed E-state index contributed by atoms with van der Waals surface area (Å²) in [5, 5.41) is 14.3. The first kappa shape index (κ1) is 25.7. The molecule has 0 spiro atoms. The lowest BCUT2D eigenvalue weighted by molar-refractivity contribution is -0.139. The van der Waals surface area contributed by atoms with Crippen LogP contribution in [-0.4, -0.2) is 38.8 Å². The highest BCUT2D eigenvalue weighted by molar-refractivity contribution is 7.89. The quantitative estimate of drug-likeness (QED) is 0.415. The van der Waals surface area contributed by atoms with Crippen LogP contribution in [0.2, 0.25) is 5.02 Å². The fourth-order valence-corrected chi connectivity index (χ4v) is 5.11. The minimum Gasteiger partial charge on any atom is -0.482 e. The summed E-state index contributed by atoms with van der Waals surface area (Å²) in [4.78, 5) is 10.7. The van der Waals surface area contributed by atoms with Gasteiger partial charge < -0.3 is 9.84 Å². The van der Waals surface area contributed by atoms with Crippen molar-refractivity contribution in [3.05, 3.63) is 88.9 Å². The molecule has 0 saturated carbocycles. The van der Waals surface area contributed by atoms with Gasteiger partial charge in [-0.1, -0.05) is 35.9 Å². The van der Waals surface area contributed by atoms with Crippen LogP contribution in [0.3, 0.4) is 0 Å². The van der Waals surface area contributed by atoms with Crippen molar-refractivity contribution >= 4 is 37.6 Å². The molecule has 0 unspecified atom stereocenters. The number of carbonyl (C=O) groups is 1. The zero-order chi connectivity index (χ0) is 24.9. The van der Waals surface area contributed by atoms with E-state index in [0.29, 0.717) is 16.1 Å². The van der Waals surface area contributed by atoms with E-state index >= 15 is 0 Å². The maximum Gasteiger partial charge on any atom is 0.341 e. The van der Waals surface area contributed by atoms with Gasteiger partial charge in [-0.15, -0.1) is 0 Å². The third-order valence-electron chi connectivity index (χ3n) is 4.68. The molecule has 0 atom stereocenters. The summed E-state index contributed by atoms with van der Waals surface area (Å²) >= 11 is 5.90. The van der Waals surface area contributed by atoms with Crippen LogP contribution in [0.15, 0.2) is 82.6 Å². The van der Waals surface area contributed by atoms with E-state index in [-0.39, 0.29) is 28.6 Å². The Morgan fingerprint density at radius 2 is 1.47 bits per heavy atom. The number of hydrogen-bond donors (Lipinski definition) is 2. The molecule has 9 nitrogen and oxygen atoms in total. The smallest absolute Gasteiger partial charge is 0.341 e. The Kier molecular flexibility index (Phi) is 7.95. The van der Waals surface area contributed by atoms with Crippen molar-refractivity contribution in [1.29, 1.82) is 0 Å². The van der Waals surface area contributed by atoms with Gasteiger partial charge in [-0.3, -0.25) is 0 Å². The van der Waals surface area contributed by atoms with Crippen LogP contribution in [0, 0.1) is 0 Å². The van der Waals surface area contributed by atoms with E-state index in [1.165, 1.54) is 52.8 Å². The Morgan fingerprint density at radius 3 is 2.06 bits per heavy atom. The van der Waals surface area contributed by atoms with Crippen LogP contribution in [0.5, 0.6) is 5.75 Å². The number of hydrogen-bond acceptors (Lipinski definition) is 6.